The van der Waals surface area contributed by atoms with Gasteiger partial charge in [0.1, 0.15) is 0 Å². The van der Waals surface area contributed by atoms with Crippen LogP contribution in [-0.2, 0) is 0 Å². The van der Waals surface area contributed by atoms with Crippen LogP contribution < -0.4 is 0 Å². The molecule has 1 N–H and O–H groups in total. The van der Waals surface area contributed by atoms with Gasteiger partial charge < -0.3 is 10.0 Å². The second-order valence-corrected chi connectivity index (χ2v) is 4.48. The fourth-order valence-electron chi connectivity index (χ4n) is 1.56. The molecule has 0 saturated carbocycles. The summed E-state index contributed by atoms with van der Waals surface area (Å²) in [6, 6.07) is 5.75. The average molecular weight is 248 g/mol. The van der Waals surface area contributed by atoms with Crippen molar-refractivity contribution in [1.82, 2.24) is 4.90 Å². The van der Waals surface area contributed by atoms with Gasteiger partial charge in [0.15, 0.2) is 0 Å². The number of halogens is 2. The molecule has 0 amide bonds. The number of rotatable bonds is 4. The van der Waals surface area contributed by atoms with E-state index in [-0.39, 0.29) is 12.6 Å². The van der Waals surface area contributed by atoms with Crippen LogP contribution in [0.3, 0.4) is 0 Å². The van der Waals surface area contributed by atoms with Gasteiger partial charge in [0.05, 0.1) is 10.0 Å². The largest absolute Gasteiger partial charge is 0.396 e. The van der Waals surface area contributed by atoms with Crippen molar-refractivity contribution in [3.05, 3.63) is 33.8 Å². The lowest BCUT2D eigenvalue weighted by Gasteiger charge is -2.24. The number of aliphatic hydroxyl groups excluding tert-OH is 1. The number of hydrogen-bond donors (Lipinski definition) is 1. The summed E-state index contributed by atoms with van der Waals surface area (Å²) in [5.74, 6) is 0. The molecule has 0 aliphatic heterocycles. The summed E-state index contributed by atoms with van der Waals surface area (Å²) in [5.41, 5.74) is 1.07. The summed E-state index contributed by atoms with van der Waals surface area (Å²) in [4.78, 5) is 2.05. The van der Waals surface area contributed by atoms with E-state index < -0.39 is 0 Å². The maximum Gasteiger partial charge on any atom is 0.0595 e. The van der Waals surface area contributed by atoms with Gasteiger partial charge in [-0.1, -0.05) is 29.3 Å². The van der Waals surface area contributed by atoms with Crippen LogP contribution in [0.25, 0.3) is 0 Å². The van der Waals surface area contributed by atoms with Crippen molar-refractivity contribution in [1.29, 1.82) is 0 Å². The lowest BCUT2D eigenvalue weighted by atomic mass is 10.0. The third-order valence-electron chi connectivity index (χ3n) is 2.35. The Morgan fingerprint density at radius 3 is 2.40 bits per heavy atom. The molecule has 0 heterocycles. The van der Waals surface area contributed by atoms with Gasteiger partial charge in [0.25, 0.3) is 0 Å². The van der Waals surface area contributed by atoms with Crippen molar-refractivity contribution in [2.45, 2.75) is 12.5 Å². The zero-order valence-electron chi connectivity index (χ0n) is 8.87. The molecule has 0 aliphatic carbocycles. The fourth-order valence-corrected chi connectivity index (χ4v) is 1.87. The first kappa shape index (κ1) is 12.8. The summed E-state index contributed by atoms with van der Waals surface area (Å²) in [5, 5.41) is 10.1. The quantitative estimate of drug-likeness (QED) is 0.885. The summed E-state index contributed by atoms with van der Waals surface area (Å²) in [6.07, 6.45) is 0.685. The van der Waals surface area contributed by atoms with E-state index in [1.165, 1.54) is 0 Å². The van der Waals surface area contributed by atoms with Crippen LogP contribution in [0.1, 0.15) is 18.0 Å². The normalized spacial score (nSPS) is 13.2. The van der Waals surface area contributed by atoms with Gasteiger partial charge >= 0.3 is 0 Å². The van der Waals surface area contributed by atoms with Gasteiger partial charge in [-0.25, -0.2) is 0 Å². The highest BCUT2D eigenvalue weighted by atomic mass is 35.5. The molecule has 0 aromatic heterocycles. The molecular weight excluding hydrogens is 233 g/mol. The van der Waals surface area contributed by atoms with Crippen LogP contribution in [0, 0.1) is 0 Å². The minimum atomic E-state index is 0.156. The Bertz CT molecular complexity index is 328. The highest BCUT2D eigenvalue weighted by Gasteiger charge is 2.14. The summed E-state index contributed by atoms with van der Waals surface area (Å²) in [7, 11) is 3.95. The minimum Gasteiger partial charge on any atom is -0.396 e. The van der Waals surface area contributed by atoms with Gasteiger partial charge in [0, 0.05) is 12.6 Å². The molecule has 1 aromatic carbocycles. The molecule has 1 rings (SSSR count). The summed E-state index contributed by atoms with van der Waals surface area (Å²) >= 11 is 11.8. The molecule has 0 aliphatic rings. The van der Waals surface area contributed by atoms with Gasteiger partial charge in [-0.2, -0.15) is 0 Å². The molecular formula is C11H15Cl2NO. The Kier molecular flexibility index (Phi) is 4.87. The standard InChI is InChI=1S/C11H15Cl2NO/c1-14(2)11(5-6-15)8-3-4-9(12)10(13)7-8/h3-4,7,11,15H,5-6H2,1-2H3. The van der Waals surface area contributed by atoms with Crippen LogP contribution >= 0.6 is 23.2 Å². The highest BCUT2D eigenvalue weighted by molar-refractivity contribution is 6.42. The van der Waals surface area contributed by atoms with E-state index in [0.717, 1.165) is 5.56 Å². The number of nitrogens with zero attached hydrogens (tertiary/aromatic N) is 1. The molecule has 0 bridgehead atoms. The van der Waals surface area contributed by atoms with Gasteiger partial charge in [-0.3, -0.25) is 0 Å². The third-order valence-corrected chi connectivity index (χ3v) is 3.09. The Labute approximate surface area is 100 Å². The molecule has 4 heteroatoms. The van der Waals surface area contributed by atoms with Crippen LogP contribution in [0.5, 0.6) is 0 Å². The van der Waals surface area contributed by atoms with Crippen molar-refractivity contribution in [2.75, 3.05) is 20.7 Å². The Hall–Kier alpha value is -0.280. The third kappa shape index (κ3) is 3.35. The SMILES string of the molecule is CN(C)C(CCO)c1ccc(Cl)c(Cl)c1. The second-order valence-electron chi connectivity index (χ2n) is 3.67. The molecule has 84 valence electrons. The topological polar surface area (TPSA) is 23.5 Å². The van der Waals surface area contributed by atoms with Crippen molar-refractivity contribution in [3.63, 3.8) is 0 Å². The Balaban J connectivity index is 2.95. The maximum atomic E-state index is 8.99. The van der Waals surface area contributed by atoms with Gasteiger partial charge in [0.2, 0.25) is 0 Å². The monoisotopic (exact) mass is 247 g/mol. The van der Waals surface area contributed by atoms with Crippen molar-refractivity contribution in [3.8, 4) is 0 Å². The zero-order valence-corrected chi connectivity index (χ0v) is 10.4. The van der Waals surface area contributed by atoms with E-state index >= 15 is 0 Å². The van der Waals surface area contributed by atoms with E-state index in [9.17, 15) is 0 Å². The molecule has 0 radical (unpaired) electrons. The fraction of sp³-hybridized carbons (Fsp3) is 0.455. The first-order valence-electron chi connectivity index (χ1n) is 4.78. The Morgan fingerprint density at radius 2 is 1.93 bits per heavy atom. The predicted octanol–water partition coefficient (Wildman–Crippen LogP) is 2.98. The average Bonchev–Trinajstić information content (AvgIpc) is 2.18. The molecule has 2 nitrogen and oxygen atoms in total. The van der Waals surface area contributed by atoms with Crippen LogP contribution in [-0.4, -0.2) is 30.7 Å². The molecule has 0 saturated heterocycles. The van der Waals surface area contributed by atoms with Crippen LogP contribution in [0.2, 0.25) is 10.0 Å². The first-order valence-corrected chi connectivity index (χ1v) is 5.54. The van der Waals surface area contributed by atoms with E-state index in [0.29, 0.717) is 16.5 Å². The molecule has 1 unspecified atom stereocenters. The molecule has 1 aromatic rings. The smallest absolute Gasteiger partial charge is 0.0595 e. The lowest BCUT2D eigenvalue weighted by Crippen LogP contribution is -2.21. The second kappa shape index (κ2) is 5.71. The zero-order chi connectivity index (χ0) is 11.4. The Morgan fingerprint density at radius 1 is 1.27 bits per heavy atom. The molecule has 1 atom stereocenters. The molecule has 0 fully saturated rings. The lowest BCUT2D eigenvalue weighted by molar-refractivity contribution is 0.211. The summed E-state index contributed by atoms with van der Waals surface area (Å²) in [6.45, 7) is 0.156. The maximum absolute atomic E-state index is 8.99. The highest BCUT2D eigenvalue weighted by Crippen LogP contribution is 2.28. The van der Waals surface area contributed by atoms with Gasteiger partial charge in [-0.05, 0) is 38.2 Å². The number of aliphatic hydroxyl groups is 1. The summed E-state index contributed by atoms with van der Waals surface area (Å²) < 4.78 is 0. The van der Waals surface area contributed by atoms with E-state index in [1.54, 1.807) is 6.07 Å². The van der Waals surface area contributed by atoms with Crippen LogP contribution in [0.15, 0.2) is 18.2 Å². The minimum absolute atomic E-state index is 0.156. The van der Waals surface area contributed by atoms with Crippen molar-refractivity contribution in [2.24, 2.45) is 0 Å². The van der Waals surface area contributed by atoms with Crippen molar-refractivity contribution < 1.29 is 5.11 Å². The molecule has 15 heavy (non-hydrogen) atoms. The number of benzene rings is 1. The van der Waals surface area contributed by atoms with E-state index in [2.05, 4.69) is 4.90 Å². The van der Waals surface area contributed by atoms with E-state index in [4.69, 9.17) is 28.3 Å². The van der Waals surface area contributed by atoms with E-state index in [1.807, 2.05) is 26.2 Å². The predicted molar refractivity (Wildman–Crippen MR) is 64.6 cm³/mol. The van der Waals surface area contributed by atoms with Gasteiger partial charge in [-0.15, -0.1) is 0 Å². The molecule has 0 spiro atoms. The first-order chi connectivity index (χ1) is 7.06. The number of hydrogen-bond acceptors (Lipinski definition) is 2. The van der Waals surface area contributed by atoms with Crippen molar-refractivity contribution >= 4 is 23.2 Å². The van der Waals surface area contributed by atoms with Crippen LogP contribution in [0.4, 0.5) is 0 Å².